The molecule has 2 atom stereocenters. The molecule has 222 valence electrons. The monoisotopic (exact) mass is 710 g/mol. The Labute approximate surface area is 261 Å². The second kappa shape index (κ2) is 11.0. The summed E-state index contributed by atoms with van der Waals surface area (Å²) in [6.45, 7) is 1.83. The van der Waals surface area contributed by atoms with Gasteiger partial charge in [-0.15, -0.1) is 0 Å². The van der Waals surface area contributed by atoms with Crippen LogP contribution >= 0.6 is 31.9 Å². The normalized spacial score (nSPS) is 16.3. The van der Waals surface area contributed by atoms with Crippen LogP contribution in [0, 0.1) is 0 Å². The predicted octanol–water partition coefficient (Wildman–Crippen LogP) is 2.48. The van der Waals surface area contributed by atoms with Crippen molar-refractivity contribution in [1.29, 1.82) is 0 Å². The molecule has 7 rings (SSSR count). The Morgan fingerprint density at radius 1 is 1.00 bits per heavy atom. The fourth-order valence-electron chi connectivity index (χ4n) is 5.39. The summed E-state index contributed by atoms with van der Waals surface area (Å²) in [6.07, 6.45) is 11.8. The highest BCUT2D eigenvalue weighted by Gasteiger charge is 2.26. The van der Waals surface area contributed by atoms with Crippen molar-refractivity contribution in [2.24, 2.45) is 12.8 Å². The topological polar surface area (TPSA) is 192 Å². The maximum Gasteiger partial charge on any atom is 0.166 e. The number of nitrogens with zero attached hydrogens (tertiary/aromatic N) is 10. The molecule has 7 N–H and O–H groups in total. The van der Waals surface area contributed by atoms with E-state index in [1.807, 2.05) is 25.6 Å². The highest BCUT2D eigenvalue weighted by molar-refractivity contribution is 9.11. The molecule has 1 aliphatic heterocycles. The van der Waals surface area contributed by atoms with Gasteiger partial charge in [-0.05, 0) is 51.2 Å². The summed E-state index contributed by atoms with van der Waals surface area (Å²) in [7, 11) is 1.88. The van der Waals surface area contributed by atoms with Gasteiger partial charge >= 0.3 is 0 Å². The van der Waals surface area contributed by atoms with Gasteiger partial charge < -0.3 is 21.9 Å². The van der Waals surface area contributed by atoms with Gasteiger partial charge in [0, 0.05) is 54.5 Å². The SMILES string of the molecule is Cn1cc(-c2cnn3c(Nn4cc(-c5cnn6c(N)c(Br)c(C(O)CN)nc56)cn4)c(Br)c(C4CCCNC4)nc23)cn1. The van der Waals surface area contributed by atoms with Gasteiger partial charge in [-0.2, -0.15) is 34.2 Å². The van der Waals surface area contributed by atoms with Gasteiger partial charge in [0.25, 0.3) is 0 Å². The Bertz CT molecular complexity index is 1970. The summed E-state index contributed by atoms with van der Waals surface area (Å²) in [4.78, 5) is 11.3. The van der Waals surface area contributed by atoms with Crippen molar-refractivity contribution in [3.8, 4) is 22.3 Å². The lowest BCUT2D eigenvalue weighted by Gasteiger charge is -2.24. The minimum absolute atomic E-state index is 0.00332. The fraction of sp³-hybridized carbons (Fsp3) is 0.308. The molecule has 15 nitrogen and oxygen atoms in total. The Hall–Kier alpha value is -3.90. The number of hydrogen-bond donors (Lipinski definition) is 5. The molecular formula is C26H28Br2N14O. The van der Waals surface area contributed by atoms with Gasteiger partial charge in [0.2, 0.25) is 0 Å². The van der Waals surface area contributed by atoms with Gasteiger partial charge in [-0.1, -0.05) is 0 Å². The van der Waals surface area contributed by atoms with Gasteiger partial charge in [0.1, 0.15) is 11.9 Å². The fourth-order valence-corrected chi connectivity index (χ4v) is 6.58. The van der Waals surface area contributed by atoms with Crippen LogP contribution in [0.1, 0.15) is 36.3 Å². The van der Waals surface area contributed by atoms with Crippen molar-refractivity contribution in [2.75, 3.05) is 30.8 Å². The molecule has 0 radical (unpaired) electrons. The lowest BCUT2D eigenvalue weighted by molar-refractivity contribution is 0.181. The maximum atomic E-state index is 10.4. The smallest absolute Gasteiger partial charge is 0.166 e. The molecule has 6 aromatic heterocycles. The molecule has 0 aromatic carbocycles. The number of aliphatic hydroxyl groups excluding tert-OH is 1. The van der Waals surface area contributed by atoms with Crippen LogP contribution in [0.5, 0.6) is 0 Å². The van der Waals surface area contributed by atoms with Crippen molar-refractivity contribution in [3.05, 3.63) is 57.5 Å². The van der Waals surface area contributed by atoms with E-state index in [1.54, 1.807) is 32.6 Å². The summed E-state index contributed by atoms with van der Waals surface area (Å²) in [5, 5.41) is 31.9. The highest BCUT2D eigenvalue weighted by Crippen LogP contribution is 2.37. The Balaban J connectivity index is 1.31. The summed E-state index contributed by atoms with van der Waals surface area (Å²) in [6, 6.07) is 0. The minimum atomic E-state index is -0.987. The molecule has 17 heteroatoms. The second-order valence-corrected chi connectivity index (χ2v) is 12.0. The number of hydrogen-bond acceptors (Lipinski definition) is 11. The van der Waals surface area contributed by atoms with E-state index in [4.69, 9.17) is 16.5 Å². The van der Waals surface area contributed by atoms with Crippen LogP contribution in [0.4, 0.5) is 11.6 Å². The molecule has 6 aromatic rings. The summed E-state index contributed by atoms with van der Waals surface area (Å²) in [5.41, 5.74) is 21.1. The first-order chi connectivity index (χ1) is 20.8. The van der Waals surface area contributed by atoms with Crippen molar-refractivity contribution in [3.63, 3.8) is 0 Å². The van der Waals surface area contributed by atoms with Crippen LogP contribution in [0.15, 0.2) is 46.1 Å². The average molecular weight is 712 g/mol. The van der Waals surface area contributed by atoms with Crippen molar-refractivity contribution >= 4 is 54.8 Å². The van der Waals surface area contributed by atoms with Crippen molar-refractivity contribution in [2.45, 2.75) is 24.9 Å². The number of nitrogens with two attached hydrogens (primary N) is 2. The quantitative estimate of drug-likeness (QED) is 0.163. The van der Waals surface area contributed by atoms with Gasteiger partial charge in [0.15, 0.2) is 17.1 Å². The number of aryl methyl sites for hydroxylation is 1. The number of aromatic nitrogens is 10. The summed E-state index contributed by atoms with van der Waals surface area (Å²) in [5.74, 6) is 1.21. The molecule has 7 heterocycles. The number of nitrogen functional groups attached to an aromatic ring is 1. The molecule has 43 heavy (non-hydrogen) atoms. The first kappa shape index (κ1) is 27.9. The highest BCUT2D eigenvalue weighted by atomic mass is 79.9. The molecule has 0 saturated carbocycles. The third-order valence-corrected chi connectivity index (χ3v) is 9.21. The molecule has 1 fully saturated rings. The molecule has 0 spiro atoms. The molecule has 1 saturated heterocycles. The first-order valence-electron chi connectivity index (χ1n) is 13.6. The minimum Gasteiger partial charge on any atom is -0.385 e. The summed E-state index contributed by atoms with van der Waals surface area (Å²) >= 11 is 7.25. The van der Waals surface area contributed by atoms with Gasteiger partial charge in [-0.25, -0.2) is 9.97 Å². The van der Waals surface area contributed by atoms with Crippen LogP contribution in [0.2, 0.25) is 0 Å². The third kappa shape index (κ3) is 4.76. The van der Waals surface area contributed by atoms with Crippen molar-refractivity contribution in [1.82, 2.24) is 54.2 Å². The van der Waals surface area contributed by atoms with E-state index in [0.29, 0.717) is 38.7 Å². The lowest BCUT2D eigenvalue weighted by Crippen LogP contribution is -2.29. The number of piperidine rings is 1. The van der Waals surface area contributed by atoms with Gasteiger partial charge in [-0.3, -0.25) is 10.1 Å². The third-order valence-electron chi connectivity index (χ3n) is 7.62. The molecule has 0 aliphatic carbocycles. The molecule has 0 amide bonds. The predicted molar refractivity (Wildman–Crippen MR) is 167 cm³/mol. The lowest BCUT2D eigenvalue weighted by atomic mass is 9.96. The molecule has 0 bridgehead atoms. The van der Waals surface area contributed by atoms with Crippen LogP contribution in [-0.4, -0.2) is 73.6 Å². The second-order valence-electron chi connectivity index (χ2n) is 10.4. The first-order valence-corrected chi connectivity index (χ1v) is 15.2. The number of rotatable bonds is 7. The van der Waals surface area contributed by atoms with E-state index in [2.05, 4.69) is 68.0 Å². The van der Waals surface area contributed by atoms with E-state index in [-0.39, 0.29) is 12.5 Å². The average Bonchev–Trinajstić information content (AvgIpc) is 3.82. The van der Waals surface area contributed by atoms with Crippen LogP contribution in [0.25, 0.3) is 33.5 Å². The molecule has 2 unspecified atom stereocenters. The number of aliphatic hydroxyl groups is 1. The van der Waals surface area contributed by atoms with Gasteiger partial charge in [0.05, 0.1) is 51.3 Å². The maximum absolute atomic E-state index is 10.4. The molecule has 1 aliphatic rings. The van der Waals surface area contributed by atoms with Crippen molar-refractivity contribution < 1.29 is 5.11 Å². The zero-order chi connectivity index (χ0) is 29.8. The summed E-state index contributed by atoms with van der Waals surface area (Å²) < 4.78 is 6.29. The number of fused-ring (bicyclic) bond motifs is 2. The van der Waals surface area contributed by atoms with E-state index in [9.17, 15) is 5.11 Å². The van der Waals surface area contributed by atoms with E-state index < -0.39 is 6.10 Å². The number of nitrogens with one attached hydrogen (secondary N) is 2. The van der Waals surface area contributed by atoms with E-state index >= 15 is 0 Å². The Morgan fingerprint density at radius 2 is 1.72 bits per heavy atom. The molecular weight excluding hydrogens is 684 g/mol. The van der Waals surface area contributed by atoms with Crippen LogP contribution < -0.4 is 22.2 Å². The zero-order valence-corrected chi connectivity index (χ0v) is 26.2. The van der Waals surface area contributed by atoms with Crippen LogP contribution in [-0.2, 0) is 7.05 Å². The van der Waals surface area contributed by atoms with Crippen LogP contribution in [0.3, 0.4) is 0 Å². The Kier molecular flexibility index (Phi) is 7.13. The zero-order valence-electron chi connectivity index (χ0n) is 23.0. The largest absolute Gasteiger partial charge is 0.385 e. The Morgan fingerprint density at radius 3 is 2.42 bits per heavy atom. The van der Waals surface area contributed by atoms with E-state index in [1.165, 1.54) is 4.52 Å². The van der Waals surface area contributed by atoms with E-state index in [0.717, 1.165) is 52.8 Å². The number of anilines is 2. The standard InChI is InChI=1S/C26H28Br2N14O/c1-39-11-14(7-32-39)16-10-35-42-25(16)36-21(13-3-2-4-31-6-13)20(28)26(42)38-40-12-15(8-33-40)17-9-34-41-23(30)19(27)22(18(43)5-29)37-24(17)41/h7-13,18,31,38,43H,2-6,29-30H2,1H3. The number of halogens is 2.